The van der Waals surface area contributed by atoms with Gasteiger partial charge in [0.1, 0.15) is 5.82 Å². The van der Waals surface area contributed by atoms with Gasteiger partial charge in [-0.2, -0.15) is 0 Å². The van der Waals surface area contributed by atoms with Gasteiger partial charge in [-0.05, 0) is 56.3 Å². The van der Waals surface area contributed by atoms with E-state index in [9.17, 15) is 14.3 Å². The highest BCUT2D eigenvalue weighted by molar-refractivity contribution is 5.85. The van der Waals surface area contributed by atoms with Crippen molar-refractivity contribution in [3.63, 3.8) is 0 Å². The summed E-state index contributed by atoms with van der Waals surface area (Å²) in [5, 5.41) is 13.8. The quantitative estimate of drug-likeness (QED) is 0.875. The molecule has 1 aromatic carbocycles. The second-order valence-corrected chi connectivity index (χ2v) is 7.11. The Labute approximate surface area is 148 Å². The summed E-state index contributed by atoms with van der Waals surface area (Å²) in [7, 11) is 0. The van der Waals surface area contributed by atoms with E-state index in [2.05, 4.69) is 5.32 Å². The van der Waals surface area contributed by atoms with Gasteiger partial charge in [0.25, 0.3) is 0 Å². The van der Waals surface area contributed by atoms with Gasteiger partial charge in [-0.1, -0.05) is 12.1 Å². The van der Waals surface area contributed by atoms with Crippen LogP contribution in [0, 0.1) is 17.2 Å². The number of amides is 1. The van der Waals surface area contributed by atoms with E-state index in [0.29, 0.717) is 13.1 Å². The van der Waals surface area contributed by atoms with Crippen LogP contribution in [-0.2, 0) is 4.79 Å². The van der Waals surface area contributed by atoms with Gasteiger partial charge in [-0.25, -0.2) is 4.39 Å². The van der Waals surface area contributed by atoms with Crippen LogP contribution in [-0.4, -0.2) is 42.1 Å². The van der Waals surface area contributed by atoms with Crippen molar-refractivity contribution in [1.29, 1.82) is 0 Å². The second kappa shape index (κ2) is 7.81. The minimum Gasteiger partial charge on any atom is -0.388 e. The fourth-order valence-electron chi connectivity index (χ4n) is 3.73. The molecule has 0 saturated carbocycles. The van der Waals surface area contributed by atoms with Crippen LogP contribution in [0.25, 0.3) is 0 Å². The van der Waals surface area contributed by atoms with Crippen molar-refractivity contribution in [2.45, 2.75) is 32.3 Å². The minimum atomic E-state index is -0.586. The first-order chi connectivity index (χ1) is 11.0. The molecule has 2 aliphatic heterocycles. The number of rotatable bonds is 3. The first kappa shape index (κ1) is 19.2. The number of piperidine rings is 1. The summed E-state index contributed by atoms with van der Waals surface area (Å²) in [6.45, 7) is 5.08. The average Bonchev–Trinajstić information content (AvgIpc) is 3.02. The number of halogens is 2. The smallest absolute Gasteiger partial charge is 0.229 e. The van der Waals surface area contributed by atoms with Crippen LogP contribution in [0.15, 0.2) is 24.3 Å². The van der Waals surface area contributed by atoms with Gasteiger partial charge >= 0.3 is 0 Å². The zero-order chi connectivity index (χ0) is 16.4. The van der Waals surface area contributed by atoms with Crippen molar-refractivity contribution in [2.24, 2.45) is 11.3 Å². The molecule has 2 saturated heterocycles. The molecular formula is C18H26ClFN2O2. The largest absolute Gasteiger partial charge is 0.388 e. The zero-order valence-corrected chi connectivity index (χ0v) is 14.8. The Kier molecular flexibility index (Phi) is 6.23. The molecule has 3 rings (SSSR count). The van der Waals surface area contributed by atoms with Crippen LogP contribution < -0.4 is 5.32 Å². The van der Waals surface area contributed by atoms with Crippen LogP contribution in [0.1, 0.15) is 37.9 Å². The maximum atomic E-state index is 13.0. The number of likely N-dealkylation sites (tertiary alicyclic amines) is 1. The van der Waals surface area contributed by atoms with Crippen molar-refractivity contribution in [2.75, 3.05) is 26.2 Å². The summed E-state index contributed by atoms with van der Waals surface area (Å²) in [6.07, 6.45) is 1.88. The third-order valence-electron chi connectivity index (χ3n) is 5.37. The van der Waals surface area contributed by atoms with Crippen LogP contribution in [0.4, 0.5) is 4.39 Å². The molecule has 134 valence electrons. The fourth-order valence-corrected chi connectivity index (χ4v) is 3.73. The Balaban J connectivity index is 0.00000208. The number of nitrogens with one attached hydrogen (secondary N) is 1. The summed E-state index contributed by atoms with van der Waals surface area (Å²) < 4.78 is 13.0. The van der Waals surface area contributed by atoms with Gasteiger partial charge in [0.15, 0.2) is 0 Å². The first-order valence-electron chi connectivity index (χ1n) is 8.43. The number of aliphatic hydroxyl groups excluding tert-OH is 1. The van der Waals surface area contributed by atoms with E-state index in [1.165, 1.54) is 12.1 Å². The van der Waals surface area contributed by atoms with Crippen molar-refractivity contribution in [1.82, 2.24) is 10.2 Å². The molecule has 2 fully saturated rings. The Morgan fingerprint density at radius 1 is 1.33 bits per heavy atom. The van der Waals surface area contributed by atoms with E-state index in [1.54, 1.807) is 12.1 Å². The standard InChI is InChI=1S/C18H25FN2O2.ClH/c1-18(8-9-20-12-18)17(23)21-10-6-14(7-11-21)16(22)13-2-4-15(19)5-3-13;/h2-5,14,16,20,22H,6-12H2,1H3;1H. The molecule has 2 atom stereocenters. The SMILES string of the molecule is CC1(C(=O)N2CCC(C(O)c3ccc(F)cc3)CC2)CCNC1.Cl. The highest BCUT2D eigenvalue weighted by Gasteiger charge is 2.40. The van der Waals surface area contributed by atoms with Crippen LogP contribution in [0.2, 0.25) is 0 Å². The molecule has 4 nitrogen and oxygen atoms in total. The third kappa shape index (κ3) is 3.90. The predicted octanol–water partition coefficient (Wildman–Crippen LogP) is 2.52. The molecule has 2 heterocycles. The summed E-state index contributed by atoms with van der Waals surface area (Å²) in [5.41, 5.74) is 0.478. The molecule has 0 aliphatic carbocycles. The number of aliphatic hydroxyl groups is 1. The zero-order valence-electron chi connectivity index (χ0n) is 14.0. The summed E-state index contributed by atoms with van der Waals surface area (Å²) >= 11 is 0. The van der Waals surface area contributed by atoms with Crippen LogP contribution >= 0.6 is 12.4 Å². The van der Waals surface area contributed by atoms with Gasteiger partial charge in [-0.15, -0.1) is 12.4 Å². The van der Waals surface area contributed by atoms with E-state index in [1.807, 2.05) is 11.8 Å². The van der Waals surface area contributed by atoms with Crippen molar-refractivity contribution in [3.05, 3.63) is 35.6 Å². The molecule has 24 heavy (non-hydrogen) atoms. The van der Waals surface area contributed by atoms with Gasteiger partial charge < -0.3 is 15.3 Å². The molecule has 1 aromatic rings. The van der Waals surface area contributed by atoms with E-state index >= 15 is 0 Å². The fraction of sp³-hybridized carbons (Fsp3) is 0.611. The molecule has 6 heteroatoms. The Morgan fingerprint density at radius 2 is 1.96 bits per heavy atom. The van der Waals surface area contributed by atoms with E-state index in [4.69, 9.17) is 0 Å². The topological polar surface area (TPSA) is 52.6 Å². The third-order valence-corrected chi connectivity index (χ3v) is 5.37. The van der Waals surface area contributed by atoms with Crippen LogP contribution in [0.5, 0.6) is 0 Å². The maximum Gasteiger partial charge on any atom is 0.229 e. The number of hydrogen-bond donors (Lipinski definition) is 2. The van der Waals surface area contributed by atoms with Gasteiger partial charge in [0.2, 0.25) is 5.91 Å². The lowest BCUT2D eigenvalue weighted by Crippen LogP contribution is -2.47. The maximum absolute atomic E-state index is 13.0. The van der Waals surface area contributed by atoms with Crippen molar-refractivity contribution in [3.8, 4) is 0 Å². The van der Waals surface area contributed by atoms with Crippen molar-refractivity contribution >= 4 is 18.3 Å². The van der Waals surface area contributed by atoms with Crippen molar-refractivity contribution < 1.29 is 14.3 Å². The molecular weight excluding hydrogens is 331 g/mol. The number of carbonyl (C=O) groups is 1. The lowest BCUT2D eigenvalue weighted by molar-refractivity contribution is -0.142. The molecule has 2 unspecified atom stereocenters. The van der Waals surface area contributed by atoms with Crippen LogP contribution in [0.3, 0.4) is 0 Å². The number of carbonyl (C=O) groups excluding carboxylic acids is 1. The van der Waals surface area contributed by atoms with E-state index in [0.717, 1.165) is 37.9 Å². The van der Waals surface area contributed by atoms with Gasteiger partial charge in [0, 0.05) is 19.6 Å². The monoisotopic (exact) mass is 356 g/mol. The Bertz CT molecular complexity index is 553. The second-order valence-electron chi connectivity index (χ2n) is 7.11. The molecule has 0 spiro atoms. The summed E-state index contributed by atoms with van der Waals surface area (Å²) in [4.78, 5) is 14.6. The molecule has 2 N–H and O–H groups in total. The Morgan fingerprint density at radius 3 is 2.50 bits per heavy atom. The van der Waals surface area contributed by atoms with Gasteiger partial charge in [-0.3, -0.25) is 4.79 Å². The summed E-state index contributed by atoms with van der Waals surface area (Å²) in [5.74, 6) is 0.0658. The number of benzene rings is 1. The lowest BCUT2D eigenvalue weighted by atomic mass is 9.84. The Hall–Kier alpha value is -1.17. The molecule has 0 bridgehead atoms. The molecule has 0 radical (unpaired) electrons. The number of nitrogens with zero attached hydrogens (tertiary/aromatic N) is 1. The average molecular weight is 357 g/mol. The molecule has 1 amide bonds. The first-order valence-corrected chi connectivity index (χ1v) is 8.43. The van der Waals surface area contributed by atoms with Gasteiger partial charge in [0.05, 0.1) is 11.5 Å². The van der Waals surface area contributed by atoms with E-state index in [-0.39, 0.29) is 35.5 Å². The molecule has 0 aromatic heterocycles. The highest BCUT2D eigenvalue weighted by atomic mass is 35.5. The summed E-state index contributed by atoms with van der Waals surface area (Å²) in [6, 6.07) is 6.04. The lowest BCUT2D eigenvalue weighted by Gasteiger charge is -2.38. The minimum absolute atomic E-state index is 0. The highest BCUT2D eigenvalue weighted by Crippen LogP contribution is 2.33. The predicted molar refractivity (Wildman–Crippen MR) is 93.5 cm³/mol. The molecule has 2 aliphatic rings. The van der Waals surface area contributed by atoms with E-state index < -0.39 is 6.10 Å². The number of hydrogen-bond acceptors (Lipinski definition) is 3. The normalized spacial score (nSPS) is 26.0.